The van der Waals surface area contributed by atoms with E-state index >= 15 is 0 Å². The van der Waals surface area contributed by atoms with Crippen LogP contribution in [0.3, 0.4) is 0 Å². The molecule has 2 N–H and O–H groups in total. The standard InChI is InChI=1S/C12H11ClFN3/c1-7-16-8(6-15)5-11(17-7)12-9(13)3-2-4-10(12)14/h2-5H,6,15H2,1H3. The third-order valence-electron chi connectivity index (χ3n) is 2.32. The molecule has 0 amide bonds. The molecular formula is C12H11ClFN3. The number of benzene rings is 1. The molecule has 17 heavy (non-hydrogen) atoms. The molecule has 88 valence electrons. The third-order valence-corrected chi connectivity index (χ3v) is 2.63. The van der Waals surface area contributed by atoms with Crippen LogP contribution in [0.2, 0.25) is 5.02 Å². The van der Waals surface area contributed by atoms with Crippen LogP contribution in [0, 0.1) is 12.7 Å². The van der Waals surface area contributed by atoms with Crippen LogP contribution in [-0.4, -0.2) is 9.97 Å². The maximum absolute atomic E-state index is 13.7. The highest BCUT2D eigenvalue weighted by Gasteiger charge is 2.12. The van der Waals surface area contributed by atoms with Gasteiger partial charge in [0.2, 0.25) is 0 Å². The number of hydrogen-bond acceptors (Lipinski definition) is 3. The van der Waals surface area contributed by atoms with Crippen LogP contribution in [-0.2, 0) is 6.54 Å². The first-order chi connectivity index (χ1) is 8.11. The number of nitrogens with two attached hydrogens (primary N) is 1. The van der Waals surface area contributed by atoms with Gasteiger partial charge in [0.25, 0.3) is 0 Å². The van der Waals surface area contributed by atoms with Gasteiger partial charge in [-0.1, -0.05) is 17.7 Å². The molecule has 1 aromatic carbocycles. The fourth-order valence-electron chi connectivity index (χ4n) is 1.60. The summed E-state index contributed by atoms with van der Waals surface area (Å²) in [5.74, 6) is 0.140. The van der Waals surface area contributed by atoms with E-state index in [9.17, 15) is 4.39 Å². The second kappa shape index (κ2) is 4.77. The van der Waals surface area contributed by atoms with Crippen LogP contribution in [0.25, 0.3) is 11.3 Å². The Morgan fingerprint density at radius 3 is 2.76 bits per heavy atom. The number of aryl methyl sites for hydroxylation is 1. The van der Waals surface area contributed by atoms with E-state index in [1.54, 1.807) is 25.1 Å². The minimum absolute atomic E-state index is 0.280. The van der Waals surface area contributed by atoms with Gasteiger partial charge in [0.15, 0.2) is 0 Å². The molecule has 0 bridgehead atoms. The zero-order chi connectivity index (χ0) is 12.4. The molecule has 1 heterocycles. The summed E-state index contributed by atoms with van der Waals surface area (Å²) in [6.45, 7) is 2.01. The molecule has 0 aliphatic carbocycles. The first-order valence-electron chi connectivity index (χ1n) is 5.11. The SMILES string of the molecule is Cc1nc(CN)cc(-c2c(F)cccc2Cl)n1. The summed E-state index contributed by atoms with van der Waals surface area (Å²) in [4.78, 5) is 8.32. The van der Waals surface area contributed by atoms with Gasteiger partial charge in [-0.05, 0) is 25.1 Å². The molecule has 0 aliphatic heterocycles. The summed E-state index contributed by atoms with van der Waals surface area (Å²) in [6, 6.07) is 6.18. The minimum atomic E-state index is -0.404. The molecule has 0 fully saturated rings. The van der Waals surface area contributed by atoms with Crippen LogP contribution in [0.1, 0.15) is 11.5 Å². The second-order valence-corrected chi connectivity index (χ2v) is 4.00. The molecule has 0 saturated carbocycles. The molecule has 1 aromatic heterocycles. The highest BCUT2D eigenvalue weighted by atomic mass is 35.5. The number of halogens is 2. The first kappa shape index (κ1) is 12.0. The van der Waals surface area contributed by atoms with E-state index in [2.05, 4.69) is 9.97 Å². The van der Waals surface area contributed by atoms with E-state index in [-0.39, 0.29) is 12.1 Å². The second-order valence-electron chi connectivity index (χ2n) is 3.59. The van der Waals surface area contributed by atoms with Gasteiger partial charge in [0.05, 0.1) is 22.0 Å². The molecule has 0 unspecified atom stereocenters. The molecule has 0 atom stereocenters. The van der Waals surface area contributed by atoms with Crippen LogP contribution in [0.15, 0.2) is 24.3 Å². The molecule has 3 nitrogen and oxygen atoms in total. The Balaban J connectivity index is 2.64. The van der Waals surface area contributed by atoms with Gasteiger partial charge in [0.1, 0.15) is 11.6 Å². The fraction of sp³-hybridized carbons (Fsp3) is 0.167. The Bertz CT molecular complexity index is 537. The topological polar surface area (TPSA) is 51.8 Å². The van der Waals surface area contributed by atoms with Gasteiger partial charge in [-0.15, -0.1) is 0 Å². The Hall–Kier alpha value is -1.52. The quantitative estimate of drug-likeness (QED) is 0.893. The Morgan fingerprint density at radius 1 is 1.35 bits per heavy atom. The summed E-state index contributed by atoms with van der Waals surface area (Å²) in [6.07, 6.45) is 0. The van der Waals surface area contributed by atoms with Gasteiger partial charge in [-0.2, -0.15) is 0 Å². The van der Waals surface area contributed by atoms with Crippen molar-refractivity contribution in [3.05, 3.63) is 46.6 Å². The normalized spacial score (nSPS) is 10.6. The lowest BCUT2D eigenvalue weighted by Crippen LogP contribution is -2.04. The molecule has 0 aliphatic rings. The average Bonchev–Trinajstić information content (AvgIpc) is 2.28. The molecule has 0 saturated heterocycles. The molecule has 2 aromatic rings. The van der Waals surface area contributed by atoms with E-state index < -0.39 is 5.82 Å². The zero-order valence-electron chi connectivity index (χ0n) is 9.24. The minimum Gasteiger partial charge on any atom is -0.325 e. The van der Waals surface area contributed by atoms with Gasteiger partial charge in [0, 0.05) is 6.54 Å². The Labute approximate surface area is 103 Å². The zero-order valence-corrected chi connectivity index (χ0v) is 10.0. The van der Waals surface area contributed by atoms with Crippen molar-refractivity contribution in [1.29, 1.82) is 0 Å². The van der Waals surface area contributed by atoms with Crippen molar-refractivity contribution in [1.82, 2.24) is 9.97 Å². The molecular weight excluding hydrogens is 241 g/mol. The fourth-order valence-corrected chi connectivity index (χ4v) is 1.86. The number of rotatable bonds is 2. The first-order valence-corrected chi connectivity index (χ1v) is 5.48. The van der Waals surface area contributed by atoms with Crippen molar-refractivity contribution in [2.75, 3.05) is 0 Å². The predicted molar refractivity (Wildman–Crippen MR) is 65.1 cm³/mol. The summed E-state index contributed by atoms with van der Waals surface area (Å²) >= 11 is 5.98. The van der Waals surface area contributed by atoms with Gasteiger partial charge in [-0.3, -0.25) is 0 Å². The lowest BCUT2D eigenvalue weighted by Gasteiger charge is -2.07. The van der Waals surface area contributed by atoms with Crippen molar-refractivity contribution in [2.45, 2.75) is 13.5 Å². The summed E-state index contributed by atoms with van der Waals surface area (Å²) < 4.78 is 13.7. The average molecular weight is 252 g/mol. The summed E-state index contributed by atoms with van der Waals surface area (Å²) in [5, 5.41) is 0.325. The van der Waals surface area contributed by atoms with Crippen LogP contribution >= 0.6 is 11.6 Å². The van der Waals surface area contributed by atoms with Crippen molar-refractivity contribution in [3.8, 4) is 11.3 Å². The van der Waals surface area contributed by atoms with Crippen LogP contribution < -0.4 is 5.73 Å². The van der Waals surface area contributed by atoms with Crippen LogP contribution in [0.5, 0.6) is 0 Å². The van der Waals surface area contributed by atoms with Crippen molar-refractivity contribution < 1.29 is 4.39 Å². The van der Waals surface area contributed by atoms with E-state index in [1.807, 2.05) is 0 Å². The smallest absolute Gasteiger partial charge is 0.134 e. The maximum atomic E-state index is 13.7. The van der Waals surface area contributed by atoms with Crippen molar-refractivity contribution in [3.63, 3.8) is 0 Å². The summed E-state index contributed by atoms with van der Waals surface area (Å²) in [5.41, 5.74) is 6.93. The molecule has 0 spiro atoms. The Morgan fingerprint density at radius 2 is 2.12 bits per heavy atom. The van der Waals surface area contributed by atoms with E-state index in [4.69, 9.17) is 17.3 Å². The van der Waals surface area contributed by atoms with E-state index in [0.29, 0.717) is 22.2 Å². The van der Waals surface area contributed by atoms with Crippen LogP contribution in [0.4, 0.5) is 4.39 Å². The van der Waals surface area contributed by atoms with Crippen molar-refractivity contribution >= 4 is 11.6 Å². The van der Waals surface area contributed by atoms with Gasteiger partial charge >= 0.3 is 0 Å². The number of hydrogen-bond donors (Lipinski definition) is 1. The lowest BCUT2D eigenvalue weighted by molar-refractivity contribution is 0.630. The maximum Gasteiger partial charge on any atom is 0.134 e. The van der Waals surface area contributed by atoms with Crippen molar-refractivity contribution in [2.24, 2.45) is 5.73 Å². The third kappa shape index (κ3) is 2.43. The number of aromatic nitrogens is 2. The van der Waals surface area contributed by atoms with Gasteiger partial charge < -0.3 is 5.73 Å². The number of nitrogens with zero attached hydrogens (tertiary/aromatic N) is 2. The predicted octanol–water partition coefficient (Wildman–Crippen LogP) is 2.70. The molecule has 5 heteroatoms. The van der Waals surface area contributed by atoms with E-state index in [0.717, 1.165) is 0 Å². The largest absolute Gasteiger partial charge is 0.325 e. The van der Waals surface area contributed by atoms with Gasteiger partial charge in [-0.25, -0.2) is 14.4 Å². The monoisotopic (exact) mass is 251 g/mol. The summed E-state index contributed by atoms with van der Waals surface area (Å²) in [7, 11) is 0. The highest BCUT2D eigenvalue weighted by Crippen LogP contribution is 2.29. The molecule has 0 radical (unpaired) electrons. The highest BCUT2D eigenvalue weighted by molar-refractivity contribution is 6.33. The Kier molecular flexibility index (Phi) is 3.36. The molecule has 2 rings (SSSR count). The van der Waals surface area contributed by atoms with E-state index in [1.165, 1.54) is 6.07 Å². The lowest BCUT2D eigenvalue weighted by atomic mass is 10.1.